The van der Waals surface area contributed by atoms with Crippen molar-refractivity contribution in [1.82, 2.24) is 9.97 Å². The Balaban J connectivity index is 2.78. The van der Waals surface area contributed by atoms with E-state index in [0.717, 1.165) is 0 Å². The lowest BCUT2D eigenvalue weighted by molar-refractivity contribution is -0.136. The second-order valence-electron chi connectivity index (χ2n) is 2.52. The number of aliphatic carboxylic acids is 1. The largest absolute Gasteiger partial charge is 0.481 e. The van der Waals surface area contributed by atoms with Crippen molar-refractivity contribution < 1.29 is 9.90 Å². The predicted molar refractivity (Wildman–Crippen MR) is 45.2 cm³/mol. The number of H-pyrrole nitrogens is 1. The maximum atomic E-state index is 10.6. The molecule has 1 heterocycles. The third-order valence-electron chi connectivity index (χ3n) is 1.53. The first-order chi connectivity index (χ1) is 6.09. The molecule has 0 unspecified atom stereocenters. The van der Waals surface area contributed by atoms with Crippen molar-refractivity contribution in [1.29, 1.82) is 0 Å². The Morgan fingerprint density at radius 2 is 2.38 bits per heavy atom. The molecule has 0 fully saturated rings. The number of nitrogens with zero attached hydrogens (tertiary/aromatic N) is 1. The molecular formula is C7H9N3O3. The van der Waals surface area contributed by atoms with Crippen LogP contribution in [0.2, 0.25) is 0 Å². The van der Waals surface area contributed by atoms with Gasteiger partial charge in [-0.15, -0.1) is 0 Å². The van der Waals surface area contributed by atoms with Crippen LogP contribution in [0.15, 0.2) is 11.0 Å². The monoisotopic (exact) mass is 183 g/mol. The molecule has 0 saturated heterocycles. The molecular weight excluding hydrogens is 174 g/mol. The molecule has 13 heavy (non-hydrogen) atoms. The topological polar surface area (TPSA) is 109 Å². The van der Waals surface area contributed by atoms with Crippen molar-refractivity contribution >= 4 is 11.8 Å². The minimum Gasteiger partial charge on any atom is -0.481 e. The van der Waals surface area contributed by atoms with Crippen LogP contribution in [-0.2, 0) is 11.2 Å². The van der Waals surface area contributed by atoms with E-state index >= 15 is 0 Å². The summed E-state index contributed by atoms with van der Waals surface area (Å²) in [5.74, 6) is -0.730. The highest BCUT2D eigenvalue weighted by atomic mass is 16.4. The van der Waals surface area contributed by atoms with Crippen LogP contribution in [0.1, 0.15) is 12.0 Å². The predicted octanol–water partition coefficient (Wildman–Crippen LogP) is -0.631. The second kappa shape index (κ2) is 3.70. The number of carboxylic acid groups (broad SMARTS) is 1. The van der Waals surface area contributed by atoms with Gasteiger partial charge in [0.15, 0.2) is 0 Å². The van der Waals surface area contributed by atoms with Gasteiger partial charge in [-0.05, 0) is 6.42 Å². The lowest BCUT2D eigenvalue weighted by Crippen LogP contribution is -2.14. The first kappa shape index (κ1) is 9.24. The fourth-order valence-electron chi connectivity index (χ4n) is 0.875. The highest BCUT2D eigenvalue weighted by molar-refractivity contribution is 5.67. The van der Waals surface area contributed by atoms with E-state index in [0.29, 0.717) is 5.56 Å². The zero-order valence-corrected chi connectivity index (χ0v) is 6.78. The highest BCUT2D eigenvalue weighted by Gasteiger charge is 2.03. The molecule has 0 amide bonds. The molecule has 1 aromatic heterocycles. The summed E-state index contributed by atoms with van der Waals surface area (Å²) in [4.78, 5) is 26.5. The molecule has 0 bridgehead atoms. The zero-order valence-electron chi connectivity index (χ0n) is 6.78. The molecule has 0 aliphatic heterocycles. The summed E-state index contributed by atoms with van der Waals surface area (Å²) >= 11 is 0. The van der Waals surface area contributed by atoms with E-state index in [1.807, 2.05) is 0 Å². The van der Waals surface area contributed by atoms with Gasteiger partial charge in [-0.2, -0.15) is 0 Å². The third-order valence-corrected chi connectivity index (χ3v) is 1.53. The first-order valence-electron chi connectivity index (χ1n) is 3.65. The van der Waals surface area contributed by atoms with E-state index in [-0.39, 0.29) is 18.7 Å². The van der Waals surface area contributed by atoms with E-state index in [1.165, 1.54) is 6.20 Å². The maximum Gasteiger partial charge on any atom is 0.346 e. The molecule has 0 aliphatic carbocycles. The van der Waals surface area contributed by atoms with Crippen LogP contribution >= 0.6 is 0 Å². The van der Waals surface area contributed by atoms with E-state index in [9.17, 15) is 9.59 Å². The molecule has 0 spiro atoms. The van der Waals surface area contributed by atoms with Crippen molar-refractivity contribution in [3.8, 4) is 0 Å². The van der Waals surface area contributed by atoms with Crippen molar-refractivity contribution in [3.05, 3.63) is 22.2 Å². The molecule has 0 atom stereocenters. The lowest BCUT2D eigenvalue weighted by Gasteiger charge is -2.00. The SMILES string of the molecule is Nc1[nH]c(=O)ncc1CCC(=O)O. The molecule has 70 valence electrons. The van der Waals surface area contributed by atoms with Crippen molar-refractivity contribution in [2.75, 3.05) is 5.73 Å². The number of anilines is 1. The summed E-state index contributed by atoms with van der Waals surface area (Å²) < 4.78 is 0. The Morgan fingerprint density at radius 1 is 1.69 bits per heavy atom. The van der Waals surface area contributed by atoms with E-state index in [4.69, 9.17) is 10.8 Å². The molecule has 6 heteroatoms. The van der Waals surface area contributed by atoms with Gasteiger partial charge in [-0.1, -0.05) is 0 Å². The van der Waals surface area contributed by atoms with Crippen LogP contribution in [0.4, 0.5) is 5.82 Å². The number of hydrogen-bond acceptors (Lipinski definition) is 4. The number of rotatable bonds is 3. The minimum atomic E-state index is -0.911. The summed E-state index contributed by atoms with van der Waals surface area (Å²) in [6.45, 7) is 0. The van der Waals surface area contributed by atoms with E-state index in [1.54, 1.807) is 0 Å². The Kier molecular flexibility index (Phi) is 2.63. The Labute approximate surface area is 73.4 Å². The average Bonchev–Trinajstić information content (AvgIpc) is 2.02. The van der Waals surface area contributed by atoms with Crippen LogP contribution in [-0.4, -0.2) is 21.0 Å². The Hall–Kier alpha value is -1.85. The zero-order chi connectivity index (χ0) is 9.84. The Bertz CT molecular complexity index is 371. The number of aryl methyl sites for hydroxylation is 1. The van der Waals surface area contributed by atoms with Gasteiger partial charge in [0.1, 0.15) is 5.82 Å². The Morgan fingerprint density at radius 3 is 2.92 bits per heavy atom. The summed E-state index contributed by atoms with van der Waals surface area (Å²) in [6, 6.07) is 0. The van der Waals surface area contributed by atoms with Crippen molar-refractivity contribution in [2.24, 2.45) is 0 Å². The second-order valence-corrected chi connectivity index (χ2v) is 2.52. The fraction of sp³-hybridized carbons (Fsp3) is 0.286. The number of carbonyl (C=O) groups is 1. The lowest BCUT2D eigenvalue weighted by atomic mass is 10.2. The van der Waals surface area contributed by atoms with Crippen LogP contribution in [0.25, 0.3) is 0 Å². The quantitative estimate of drug-likeness (QED) is 0.578. The molecule has 6 nitrogen and oxygen atoms in total. The van der Waals surface area contributed by atoms with Gasteiger partial charge in [0.05, 0.1) is 0 Å². The summed E-state index contributed by atoms with van der Waals surface area (Å²) in [5.41, 5.74) is 5.43. The van der Waals surface area contributed by atoms with Crippen molar-refractivity contribution in [3.63, 3.8) is 0 Å². The molecule has 0 saturated carbocycles. The van der Waals surface area contributed by atoms with Crippen LogP contribution in [0.5, 0.6) is 0 Å². The van der Waals surface area contributed by atoms with Crippen molar-refractivity contribution in [2.45, 2.75) is 12.8 Å². The summed E-state index contributed by atoms with van der Waals surface area (Å²) in [6.07, 6.45) is 1.53. The summed E-state index contributed by atoms with van der Waals surface area (Å²) in [5, 5.41) is 8.39. The smallest absolute Gasteiger partial charge is 0.346 e. The number of nitrogens with one attached hydrogen (secondary N) is 1. The number of nitrogens with two attached hydrogens (primary N) is 1. The third kappa shape index (κ3) is 2.58. The van der Waals surface area contributed by atoms with Crippen LogP contribution < -0.4 is 11.4 Å². The maximum absolute atomic E-state index is 10.6. The van der Waals surface area contributed by atoms with Gasteiger partial charge in [0.2, 0.25) is 0 Å². The first-order valence-corrected chi connectivity index (χ1v) is 3.65. The highest BCUT2D eigenvalue weighted by Crippen LogP contribution is 2.06. The average molecular weight is 183 g/mol. The van der Waals surface area contributed by atoms with Crippen LogP contribution in [0, 0.1) is 0 Å². The summed E-state index contributed by atoms with van der Waals surface area (Å²) in [7, 11) is 0. The number of carboxylic acids is 1. The number of aromatic nitrogens is 2. The van der Waals surface area contributed by atoms with Gasteiger partial charge < -0.3 is 10.8 Å². The molecule has 0 radical (unpaired) electrons. The van der Waals surface area contributed by atoms with Gasteiger partial charge in [-0.25, -0.2) is 9.78 Å². The molecule has 4 N–H and O–H groups in total. The standard InChI is InChI=1S/C7H9N3O3/c8-6-4(1-2-5(11)12)3-9-7(13)10-6/h3H,1-2H2,(H,11,12)(H3,8,9,10,13). The number of aromatic amines is 1. The van der Waals surface area contributed by atoms with Gasteiger partial charge in [0.25, 0.3) is 0 Å². The fourth-order valence-corrected chi connectivity index (χ4v) is 0.875. The minimum absolute atomic E-state index is 0.0298. The van der Waals surface area contributed by atoms with Crippen LogP contribution in [0.3, 0.4) is 0 Å². The number of nitrogen functional groups attached to an aromatic ring is 1. The van der Waals surface area contributed by atoms with Gasteiger partial charge in [-0.3, -0.25) is 9.78 Å². The van der Waals surface area contributed by atoms with E-state index < -0.39 is 11.7 Å². The molecule has 0 aliphatic rings. The number of hydrogen-bond donors (Lipinski definition) is 3. The molecule has 0 aromatic carbocycles. The van der Waals surface area contributed by atoms with Gasteiger partial charge in [0, 0.05) is 18.2 Å². The molecule has 1 rings (SSSR count). The van der Waals surface area contributed by atoms with E-state index in [2.05, 4.69) is 9.97 Å². The van der Waals surface area contributed by atoms with Gasteiger partial charge >= 0.3 is 11.7 Å². The molecule has 1 aromatic rings. The normalized spacial score (nSPS) is 9.85.